The molecule has 1 heteroatoms. The van der Waals surface area contributed by atoms with Crippen LogP contribution in [0.5, 0.6) is 0 Å². The van der Waals surface area contributed by atoms with Crippen molar-refractivity contribution in [3.63, 3.8) is 0 Å². The summed E-state index contributed by atoms with van der Waals surface area (Å²) in [5.41, 5.74) is 3.43. The van der Waals surface area contributed by atoms with Crippen molar-refractivity contribution in [2.75, 3.05) is 0 Å². The minimum absolute atomic E-state index is 0.0442. The van der Waals surface area contributed by atoms with Gasteiger partial charge in [-0.3, -0.25) is 4.79 Å². The summed E-state index contributed by atoms with van der Waals surface area (Å²) in [5.74, 6) is 1.08. The van der Waals surface area contributed by atoms with Gasteiger partial charge >= 0.3 is 0 Å². The molecule has 1 nitrogen and oxygen atoms in total. The standard InChI is InChI=1S/C23H32O/c1-16(2)11-12-23-14-13-22(6,21(23,4)5)20(24)19(23)15-18-9-7-17(3)8-10-18/h7-10,15-16H,11-14H2,1-6H3. The molecule has 24 heavy (non-hydrogen) atoms. The lowest BCUT2D eigenvalue weighted by molar-refractivity contribution is -0.125. The minimum Gasteiger partial charge on any atom is -0.294 e. The monoisotopic (exact) mass is 324 g/mol. The third-order valence-electron chi connectivity index (χ3n) is 7.43. The maximum absolute atomic E-state index is 13.4. The predicted octanol–water partition coefficient (Wildman–Crippen LogP) is 6.21. The molecule has 2 saturated carbocycles. The number of hydrogen-bond acceptors (Lipinski definition) is 1. The molecule has 2 aliphatic carbocycles. The van der Waals surface area contributed by atoms with Crippen LogP contribution in [-0.2, 0) is 4.79 Å². The molecular formula is C23H32O. The molecule has 1 aromatic carbocycles. The highest BCUT2D eigenvalue weighted by molar-refractivity contribution is 6.09. The summed E-state index contributed by atoms with van der Waals surface area (Å²) in [7, 11) is 0. The van der Waals surface area contributed by atoms with Crippen LogP contribution in [0.2, 0.25) is 0 Å². The molecular weight excluding hydrogens is 292 g/mol. The summed E-state index contributed by atoms with van der Waals surface area (Å²) in [6.45, 7) is 13.6. The number of fused-ring (bicyclic) bond motifs is 2. The van der Waals surface area contributed by atoms with E-state index in [9.17, 15) is 4.79 Å². The van der Waals surface area contributed by atoms with Crippen LogP contribution in [0.3, 0.4) is 0 Å². The van der Waals surface area contributed by atoms with Gasteiger partial charge in [-0.25, -0.2) is 0 Å². The molecule has 3 rings (SSSR count). The predicted molar refractivity (Wildman–Crippen MR) is 102 cm³/mol. The molecule has 2 fully saturated rings. The van der Waals surface area contributed by atoms with Crippen molar-refractivity contribution < 1.29 is 4.79 Å². The largest absolute Gasteiger partial charge is 0.294 e. The van der Waals surface area contributed by atoms with E-state index in [0.717, 1.165) is 24.8 Å². The number of allylic oxidation sites excluding steroid dienone is 1. The third-order valence-corrected chi connectivity index (χ3v) is 7.43. The first-order valence-electron chi connectivity index (χ1n) is 9.48. The Bertz CT molecular complexity index is 676. The zero-order valence-electron chi connectivity index (χ0n) is 16.2. The second kappa shape index (κ2) is 5.58. The van der Waals surface area contributed by atoms with Crippen LogP contribution in [0.4, 0.5) is 0 Å². The maximum atomic E-state index is 13.4. The number of ketones is 1. The lowest BCUT2D eigenvalue weighted by Crippen LogP contribution is -2.36. The van der Waals surface area contributed by atoms with Gasteiger partial charge in [-0.1, -0.05) is 70.9 Å². The van der Waals surface area contributed by atoms with Gasteiger partial charge in [-0.15, -0.1) is 0 Å². The summed E-state index contributed by atoms with van der Waals surface area (Å²) in [6, 6.07) is 8.57. The molecule has 0 aromatic heterocycles. The number of carbonyl (C=O) groups is 1. The molecule has 2 atom stereocenters. The molecule has 0 spiro atoms. The summed E-state index contributed by atoms with van der Waals surface area (Å²) >= 11 is 0. The average molecular weight is 325 g/mol. The van der Waals surface area contributed by atoms with Gasteiger partial charge in [-0.05, 0) is 49.2 Å². The SMILES string of the molecule is Cc1ccc(C=C2C(=O)C3(C)CCC2(CCC(C)C)C3(C)C)cc1. The second-order valence-electron chi connectivity index (χ2n) is 9.27. The highest BCUT2D eigenvalue weighted by Crippen LogP contribution is 2.74. The highest BCUT2D eigenvalue weighted by Gasteiger charge is 2.71. The van der Waals surface area contributed by atoms with Gasteiger partial charge in [0.15, 0.2) is 5.78 Å². The number of rotatable bonds is 4. The number of Topliss-reactive ketones (excluding diaryl/α,β-unsaturated/α-hetero) is 1. The van der Waals surface area contributed by atoms with Crippen LogP contribution in [0, 0.1) is 29.1 Å². The Labute approximate surface area is 147 Å². The van der Waals surface area contributed by atoms with E-state index in [2.05, 4.69) is 71.9 Å². The van der Waals surface area contributed by atoms with Gasteiger partial charge in [0.1, 0.15) is 0 Å². The quantitative estimate of drug-likeness (QED) is 0.602. The number of carbonyl (C=O) groups excluding carboxylic acids is 1. The van der Waals surface area contributed by atoms with E-state index in [1.807, 2.05) is 0 Å². The van der Waals surface area contributed by atoms with Crippen LogP contribution in [0.1, 0.15) is 71.4 Å². The minimum atomic E-state index is -0.194. The van der Waals surface area contributed by atoms with Crippen LogP contribution < -0.4 is 0 Å². The van der Waals surface area contributed by atoms with Gasteiger partial charge in [0.05, 0.1) is 0 Å². The number of benzene rings is 1. The fourth-order valence-electron chi connectivity index (χ4n) is 5.14. The van der Waals surface area contributed by atoms with E-state index in [1.54, 1.807) is 0 Å². The fourth-order valence-corrected chi connectivity index (χ4v) is 5.14. The van der Waals surface area contributed by atoms with E-state index in [1.165, 1.54) is 17.5 Å². The highest BCUT2D eigenvalue weighted by atomic mass is 16.1. The zero-order valence-corrected chi connectivity index (χ0v) is 16.2. The van der Waals surface area contributed by atoms with E-state index in [4.69, 9.17) is 0 Å². The van der Waals surface area contributed by atoms with Gasteiger partial charge in [0.2, 0.25) is 0 Å². The lowest BCUT2D eigenvalue weighted by Gasteiger charge is -2.41. The Morgan fingerprint density at radius 1 is 1.08 bits per heavy atom. The molecule has 1 aromatic rings. The molecule has 0 N–H and O–H groups in total. The normalized spacial score (nSPS) is 33.0. The summed E-state index contributed by atoms with van der Waals surface area (Å²) in [4.78, 5) is 13.4. The Hall–Kier alpha value is -1.37. The first-order chi connectivity index (χ1) is 11.1. The van der Waals surface area contributed by atoms with Crippen molar-refractivity contribution in [3.8, 4) is 0 Å². The Morgan fingerprint density at radius 3 is 2.29 bits per heavy atom. The Kier molecular flexibility index (Phi) is 4.06. The molecule has 0 heterocycles. The molecule has 2 unspecified atom stereocenters. The summed E-state index contributed by atoms with van der Waals surface area (Å²) in [6.07, 6.45) is 6.73. The van der Waals surface area contributed by atoms with Crippen molar-refractivity contribution in [2.24, 2.45) is 22.2 Å². The van der Waals surface area contributed by atoms with Crippen molar-refractivity contribution in [1.29, 1.82) is 0 Å². The smallest absolute Gasteiger partial charge is 0.165 e. The first-order valence-corrected chi connectivity index (χ1v) is 9.48. The number of hydrogen-bond donors (Lipinski definition) is 0. The Balaban J connectivity index is 2.09. The van der Waals surface area contributed by atoms with Crippen LogP contribution in [-0.4, -0.2) is 5.78 Å². The summed E-state index contributed by atoms with van der Waals surface area (Å²) < 4.78 is 0. The van der Waals surface area contributed by atoms with Gasteiger partial charge in [0.25, 0.3) is 0 Å². The lowest BCUT2D eigenvalue weighted by atomic mass is 9.62. The second-order valence-corrected chi connectivity index (χ2v) is 9.27. The molecule has 2 bridgehead atoms. The molecule has 0 radical (unpaired) electrons. The molecule has 0 aliphatic heterocycles. The van der Waals surface area contributed by atoms with E-state index in [-0.39, 0.29) is 16.2 Å². The molecule has 0 saturated heterocycles. The average Bonchev–Trinajstić information content (AvgIpc) is 2.78. The van der Waals surface area contributed by atoms with E-state index < -0.39 is 0 Å². The Morgan fingerprint density at radius 2 is 1.71 bits per heavy atom. The maximum Gasteiger partial charge on any atom is 0.165 e. The van der Waals surface area contributed by atoms with E-state index >= 15 is 0 Å². The molecule has 2 aliphatic rings. The van der Waals surface area contributed by atoms with Gasteiger partial charge in [0, 0.05) is 16.4 Å². The topological polar surface area (TPSA) is 17.1 Å². The third kappa shape index (κ3) is 2.24. The first kappa shape index (κ1) is 17.5. The summed E-state index contributed by atoms with van der Waals surface area (Å²) in [5, 5.41) is 0. The fraction of sp³-hybridized carbons (Fsp3) is 0.609. The van der Waals surface area contributed by atoms with Crippen molar-refractivity contribution in [2.45, 2.75) is 67.2 Å². The van der Waals surface area contributed by atoms with Crippen LogP contribution in [0.25, 0.3) is 6.08 Å². The molecule has 130 valence electrons. The van der Waals surface area contributed by atoms with Crippen molar-refractivity contribution in [3.05, 3.63) is 41.0 Å². The van der Waals surface area contributed by atoms with Crippen LogP contribution in [0.15, 0.2) is 29.8 Å². The van der Waals surface area contributed by atoms with Gasteiger partial charge < -0.3 is 0 Å². The van der Waals surface area contributed by atoms with Crippen molar-refractivity contribution in [1.82, 2.24) is 0 Å². The van der Waals surface area contributed by atoms with E-state index in [0.29, 0.717) is 11.7 Å². The molecule has 0 amide bonds. The zero-order chi connectivity index (χ0) is 17.8. The van der Waals surface area contributed by atoms with Crippen LogP contribution >= 0.6 is 0 Å². The van der Waals surface area contributed by atoms with Gasteiger partial charge in [-0.2, -0.15) is 0 Å². The number of aryl methyl sites for hydroxylation is 1. The van der Waals surface area contributed by atoms with Crippen molar-refractivity contribution >= 4 is 11.9 Å².